The third-order valence-electron chi connectivity index (χ3n) is 5.24. The van der Waals surface area contributed by atoms with Crippen molar-refractivity contribution in [3.05, 3.63) is 24.5 Å². The first kappa shape index (κ1) is 16.5. The molecule has 25 heavy (non-hydrogen) atoms. The second kappa shape index (κ2) is 7.54. The van der Waals surface area contributed by atoms with Crippen LogP contribution in [0.1, 0.15) is 26.2 Å². The lowest BCUT2D eigenvalue weighted by atomic mass is 10.0. The van der Waals surface area contributed by atoms with Gasteiger partial charge in [0.15, 0.2) is 0 Å². The molecule has 2 N–H and O–H groups in total. The van der Waals surface area contributed by atoms with Gasteiger partial charge in [-0.2, -0.15) is 0 Å². The van der Waals surface area contributed by atoms with Crippen molar-refractivity contribution in [2.24, 2.45) is 0 Å². The van der Waals surface area contributed by atoms with E-state index in [4.69, 9.17) is 4.74 Å². The lowest BCUT2D eigenvalue weighted by Crippen LogP contribution is -2.44. The molecular formula is C19H27N5O. The number of ether oxygens (including phenoxy) is 1. The lowest BCUT2D eigenvalue weighted by molar-refractivity contribution is 0.153. The zero-order valence-corrected chi connectivity index (χ0v) is 14.9. The molecule has 2 saturated heterocycles. The number of rotatable bonds is 4. The van der Waals surface area contributed by atoms with Gasteiger partial charge in [0.25, 0.3) is 0 Å². The second-order valence-corrected chi connectivity index (χ2v) is 6.99. The maximum atomic E-state index is 6.20. The van der Waals surface area contributed by atoms with Crippen molar-refractivity contribution in [3.63, 3.8) is 0 Å². The number of hydrogen-bond acceptors (Lipinski definition) is 6. The van der Waals surface area contributed by atoms with Gasteiger partial charge < -0.3 is 20.3 Å². The summed E-state index contributed by atoms with van der Waals surface area (Å²) in [6, 6.07) is 6.63. The van der Waals surface area contributed by atoms with Gasteiger partial charge in [0.1, 0.15) is 24.0 Å². The smallest absolute Gasteiger partial charge is 0.139 e. The van der Waals surface area contributed by atoms with Gasteiger partial charge in [0.05, 0.1) is 5.52 Å². The van der Waals surface area contributed by atoms with E-state index in [2.05, 4.69) is 44.6 Å². The monoisotopic (exact) mass is 341 g/mol. The Hall–Kier alpha value is -1.92. The van der Waals surface area contributed by atoms with Crippen LogP contribution in [-0.4, -0.2) is 54.8 Å². The molecule has 134 valence electrons. The molecule has 2 aromatic rings. The summed E-state index contributed by atoms with van der Waals surface area (Å²) in [7, 11) is 0. The molecule has 0 spiro atoms. The molecule has 0 aliphatic carbocycles. The maximum Gasteiger partial charge on any atom is 0.139 e. The largest absolute Gasteiger partial charge is 0.489 e. The van der Waals surface area contributed by atoms with Crippen molar-refractivity contribution in [2.75, 3.05) is 37.6 Å². The highest BCUT2D eigenvalue weighted by Crippen LogP contribution is 2.27. The standard InChI is InChI=1S/C19H27N5O/c1-14(17-4-2-3-7-21-17)25-15-5-6-16-18(12-15)22-13-23-19(16)24-10-8-20-9-11-24/h5-6,12-14,17,20-21H,2-4,7-11H2,1H3. The van der Waals surface area contributed by atoms with Crippen LogP contribution in [0.4, 0.5) is 5.82 Å². The summed E-state index contributed by atoms with van der Waals surface area (Å²) in [5.41, 5.74) is 0.949. The zero-order chi connectivity index (χ0) is 17.1. The van der Waals surface area contributed by atoms with Crippen molar-refractivity contribution < 1.29 is 4.74 Å². The Balaban J connectivity index is 1.53. The van der Waals surface area contributed by atoms with E-state index < -0.39 is 0 Å². The molecule has 6 nitrogen and oxygen atoms in total. The summed E-state index contributed by atoms with van der Waals surface area (Å²) >= 11 is 0. The summed E-state index contributed by atoms with van der Waals surface area (Å²) in [6.07, 6.45) is 5.56. The van der Waals surface area contributed by atoms with Crippen LogP contribution < -0.4 is 20.3 Å². The van der Waals surface area contributed by atoms with Crippen molar-refractivity contribution in [2.45, 2.75) is 38.3 Å². The Labute approximate surface area is 149 Å². The third-order valence-corrected chi connectivity index (χ3v) is 5.24. The van der Waals surface area contributed by atoms with Crippen molar-refractivity contribution in [1.29, 1.82) is 0 Å². The molecule has 2 unspecified atom stereocenters. The molecule has 0 amide bonds. The summed E-state index contributed by atoms with van der Waals surface area (Å²) in [6.45, 7) is 7.21. The summed E-state index contributed by atoms with van der Waals surface area (Å²) < 4.78 is 6.20. The quantitative estimate of drug-likeness (QED) is 0.886. The highest BCUT2D eigenvalue weighted by Gasteiger charge is 2.21. The Morgan fingerprint density at radius 2 is 2.04 bits per heavy atom. The first-order valence-corrected chi connectivity index (χ1v) is 9.42. The Kier molecular flexibility index (Phi) is 4.99. The highest BCUT2D eigenvalue weighted by atomic mass is 16.5. The lowest BCUT2D eigenvalue weighted by Gasteiger charge is -2.30. The molecule has 2 aliphatic heterocycles. The minimum atomic E-state index is 0.159. The molecule has 2 aliphatic rings. The highest BCUT2D eigenvalue weighted by molar-refractivity contribution is 5.90. The number of anilines is 1. The number of benzene rings is 1. The predicted molar refractivity (Wildman–Crippen MR) is 100 cm³/mol. The van der Waals surface area contributed by atoms with E-state index in [1.54, 1.807) is 6.33 Å². The van der Waals surface area contributed by atoms with Crippen molar-refractivity contribution in [1.82, 2.24) is 20.6 Å². The van der Waals surface area contributed by atoms with E-state index in [-0.39, 0.29) is 6.10 Å². The van der Waals surface area contributed by atoms with Gasteiger partial charge in [-0.1, -0.05) is 6.42 Å². The molecule has 2 fully saturated rings. The Bertz CT molecular complexity index is 710. The Morgan fingerprint density at radius 1 is 1.16 bits per heavy atom. The number of aromatic nitrogens is 2. The van der Waals surface area contributed by atoms with Crippen LogP contribution in [0.25, 0.3) is 10.9 Å². The van der Waals surface area contributed by atoms with Crippen LogP contribution in [0.2, 0.25) is 0 Å². The van der Waals surface area contributed by atoms with Gasteiger partial charge in [-0.25, -0.2) is 9.97 Å². The van der Waals surface area contributed by atoms with E-state index in [0.717, 1.165) is 55.2 Å². The number of nitrogens with zero attached hydrogens (tertiary/aromatic N) is 3. The predicted octanol–water partition coefficient (Wildman–Crippen LogP) is 1.95. The van der Waals surface area contributed by atoms with Crippen LogP contribution in [0, 0.1) is 0 Å². The minimum Gasteiger partial charge on any atom is -0.489 e. The molecule has 6 heteroatoms. The van der Waals surface area contributed by atoms with Gasteiger partial charge in [-0.3, -0.25) is 0 Å². The molecule has 0 radical (unpaired) electrons. The fourth-order valence-corrected chi connectivity index (χ4v) is 3.80. The SMILES string of the molecule is CC(Oc1ccc2c(N3CCNCC3)ncnc2c1)C1CCCCN1. The molecule has 4 rings (SSSR count). The summed E-state index contributed by atoms with van der Waals surface area (Å²) in [4.78, 5) is 11.3. The minimum absolute atomic E-state index is 0.159. The first-order valence-electron chi connectivity index (χ1n) is 9.42. The summed E-state index contributed by atoms with van der Waals surface area (Å²) in [5, 5.41) is 8.05. The number of piperazine rings is 1. The van der Waals surface area contributed by atoms with Crippen LogP contribution in [-0.2, 0) is 0 Å². The number of piperidine rings is 1. The first-order chi connectivity index (χ1) is 12.3. The van der Waals surface area contributed by atoms with E-state index in [9.17, 15) is 0 Å². The fraction of sp³-hybridized carbons (Fsp3) is 0.579. The zero-order valence-electron chi connectivity index (χ0n) is 14.9. The van der Waals surface area contributed by atoms with Gasteiger partial charge in [0, 0.05) is 43.7 Å². The van der Waals surface area contributed by atoms with Crippen molar-refractivity contribution in [3.8, 4) is 5.75 Å². The number of hydrogen-bond donors (Lipinski definition) is 2. The van der Waals surface area contributed by atoms with E-state index in [0.29, 0.717) is 6.04 Å². The molecule has 1 aromatic heterocycles. The molecule has 2 atom stereocenters. The fourth-order valence-electron chi connectivity index (χ4n) is 3.80. The number of nitrogens with one attached hydrogen (secondary N) is 2. The maximum absolute atomic E-state index is 6.20. The normalized spacial score (nSPS) is 22.8. The third kappa shape index (κ3) is 3.70. The van der Waals surface area contributed by atoms with Crippen LogP contribution >= 0.6 is 0 Å². The van der Waals surface area contributed by atoms with Gasteiger partial charge in [0.2, 0.25) is 0 Å². The molecule has 0 saturated carbocycles. The van der Waals surface area contributed by atoms with Crippen molar-refractivity contribution >= 4 is 16.7 Å². The van der Waals surface area contributed by atoms with E-state index in [1.165, 1.54) is 19.3 Å². The second-order valence-electron chi connectivity index (χ2n) is 6.99. The van der Waals surface area contributed by atoms with E-state index in [1.807, 2.05) is 6.07 Å². The Morgan fingerprint density at radius 3 is 2.84 bits per heavy atom. The van der Waals surface area contributed by atoms with Gasteiger partial charge >= 0.3 is 0 Å². The van der Waals surface area contributed by atoms with Crippen LogP contribution in [0.5, 0.6) is 5.75 Å². The molecule has 1 aromatic carbocycles. The number of fused-ring (bicyclic) bond motifs is 1. The average molecular weight is 341 g/mol. The van der Waals surface area contributed by atoms with Gasteiger partial charge in [-0.05, 0) is 38.4 Å². The van der Waals surface area contributed by atoms with E-state index >= 15 is 0 Å². The van der Waals surface area contributed by atoms with Crippen LogP contribution in [0.15, 0.2) is 24.5 Å². The van der Waals surface area contributed by atoms with Crippen LogP contribution in [0.3, 0.4) is 0 Å². The topological polar surface area (TPSA) is 62.3 Å². The molecule has 3 heterocycles. The average Bonchev–Trinajstić information content (AvgIpc) is 2.68. The van der Waals surface area contributed by atoms with Gasteiger partial charge in [-0.15, -0.1) is 0 Å². The summed E-state index contributed by atoms with van der Waals surface area (Å²) in [5.74, 6) is 1.91. The molecular weight excluding hydrogens is 314 g/mol. The molecule has 0 bridgehead atoms.